The van der Waals surface area contributed by atoms with Crippen LogP contribution in [0.2, 0.25) is 0 Å². The van der Waals surface area contributed by atoms with Crippen LogP contribution < -0.4 is 14.8 Å². The molecule has 0 radical (unpaired) electrons. The molecule has 0 amide bonds. The van der Waals surface area contributed by atoms with Gasteiger partial charge in [0.25, 0.3) is 0 Å². The lowest BCUT2D eigenvalue weighted by atomic mass is 10.2. The molecule has 37 heavy (non-hydrogen) atoms. The third-order valence-corrected chi connectivity index (χ3v) is 6.23. The molecule has 7 rings (SSSR count). The Kier molecular flexibility index (Phi) is 5.34. The van der Waals surface area contributed by atoms with Crippen molar-refractivity contribution >= 4 is 17.0 Å². The van der Waals surface area contributed by atoms with E-state index in [9.17, 15) is 0 Å². The lowest BCUT2D eigenvalue weighted by Gasteiger charge is -2.12. The van der Waals surface area contributed by atoms with E-state index in [-0.39, 0.29) is 6.10 Å². The van der Waals surface area contributed by atoms with Gasteiger partial charge in [0, 0.05) is 24.4 Å². The van der Waals surface area contributed by atoms with Gasteiger partial charge in [0.2, 0.25) is 17.7 Å². The van der Waals surface area contributed by atoms with E-state index in [1.807, 2.05) is 48.5 Å². The van der Waals surface area contributed by atoms with Gasteiger partial charge in [0.05, 0.1) is 16.9 Å². The van der Waals surface area contributed by atoms with Gasteiger partial charge in [-0.15, -0.1) is 0 Å². The van der Waals surface area contributed by atoms with Crippen molar-refractivity contribution in [2.45, 2.75) is 44.4 Å². The lowest BCUT2D eigenvalue weighted by Crippen LogP contribution is -2.08. The first kappa shape index (κ1) is 21.7. The van der Waals surface area contributed by atoms with E-state index in [4.69, 9.17) is 19.4 Å². The summed E-state index contributed by atoms with van der Waals surface area (Å²) in [5.74, 6) is 1.65. The molecular weight excluding hydrogens is 468 g/mol. The monoisotopic (exact) mass is 492 g/mol. The number of fused-ring (bicyclic) bond motifs is 1. The summed E-state index contributed by atoms with van der Waals surface area (Å²) in [7, 11) is 0. The van der Waals surface area contributed by atoms with Crippen molar-refractivity contribution in [3.8, 4) is 28.7 Å². The molecule has 1 N–H and O–H groups in total. The van der Waals surface area contributed by atoms with Gasteiger partial charge in [0.15, 0.2) is 5.52 Å². The maximum Gasteiger partial charge on any atom is 0.245 e. The number of anilines is 1. The van der Waals surface area contributed by atoms with Gasteiger partial charge in [-0.2, -0.15) is 10.1 Å². The van der Waals surface area contributed by atoms with Crippen molar-refractivity contribution in [1.29, 1.82) is 0 Å². The second-order valence-electron chi connectivity index (χ2n) is 9.30. The number of rotatable bonds is 9. The molecule has 2 saturated carbocycles. The first-order valence-electron chi connectivity index (χ1n) is 12.4. The maximum absolute atomic E-state index is 6.14. The van der Waals surface area contributed by atoms with Crippen LogP contribution in [0.5, 0.6) is 11.8 Å². The molecule has 2 fully saturated rings. The predicted octanol–water partition coefficient (Wildman–Crippen LogP) is 4.36. The van der Waals surface area contributed by atoms with Gasteiger partial charge in [-0.25, -0.2) is 24.6 Å². The first-order valence-corrected chi connectivity index (χ1v) is 12.4. The predicted molar refractivity (Wildman–Crippen MR) is 137 cm³/mol. The fraction of sp³-hybridized carbons (Fsp3) is 0.259. The smallest absolute Gasteiger partial charge is 0.245 e. The molecule has 10 heteroatoms. The summed E-state index contributed by atoms with van der Waals surface area (Å²) in [5, 5.41) is 7.49. The van der Waals surface area contributed by atoms with Crippen LogP contribution in [0.1, 0.15) is 31.2 Å². The number of aromatic nitrogens is 7. The summed E-state index contributed by atoms with van der Waals surface area (Å²) in [5.41, 5.74) is 5.10. The highest BCUT2D eigenvalue weighted by Crippen LogP contribution is 2.32. The SMILES string of the molecule is c1ncn(-c2ccc(CNc3nc(OC4CC4)c4nc(-c5ccc(OC6CC6)nc5)ccc4n3)cc2)n1. The molecule has 4 heterocycles. The number of benzene rings is 1. The average Bonchev–Trinajstić information content (AvgIpc) is 3.87. The van der Waals surface area contributed by atoms with E-state index in [1.165, 1.54) is 6.33 Å². The van der Waals surface area contributed by atoms with E-state index >= 15 is 0 Å². The fourth-order valence-electron chi connectivity index (χ4n) is 3.90. The van der Waals surface area contributed by atoms with Crippen LogP contribution >= 0.6 is 0 Å². The van der Waals surface area contributed by atoms with Crippen LogP contribution in [0.25, 0.3) is 28.0 Å². The Morgan fingerprint density at radius 3 is 2.43 bits per heavy atom. The van der Waals surface area contributed by atoms with Crippen LogP contribution in [-0.4, -0.2) is 46.9 Å². The normalized spacial score (nSPS) is 15.0. The third-order valence-electron chi connectivity index (χ3n) is 6.23. The van der Waals surface area contributed by atoms with Gasteiger partial charge < -0.3 is 14.8 Å². The number of hydrogen-bond acceptors (Lipinski definition) is 9. The highest BCUT2D eigenvalue weighted by molar-refractivity contribution is 5.83. The van der Waals surface area contributed by atoms with Crippen LogP contribution in [0.4, 0.5) is 5.95 Å². The molecule has 5 aromatic rings. The Labute approximate surface area is 212 Å². The Balaban J connectivity index is 1.12. The summed E-state index contributed by atoms with van der Waals surface area (Å²) in [6.45, 7) is 0.568. The number of nitrogens with zero attached hydrogens (tertiary/aromatic N) is 7. The molecular formula is C27H24N8O2. The zero-order valence-electron chi connectivity index (χ0n) is 20.0. The minimum absolute atomic E-state index is 0.182. The quantitative estimate of drug-likeness (QED) is 0.321. The minimum Gasteiger partial charge on any atom is -0.474 e. The number of hydrogen-bond donors (Lipinski definition) is 1. The Hall–Kier alpha value is -4.60. The van der Waals surface area contributed by atoms with Crippen molar-refractivity contribution in [1.82, 2.24) is 34.7 Å². The van der Waals surface area contributed by atoms with E-state index in [1.54, 1.807) is 17.2 Å². The second kappa shape index (κ2) is 9.12. The molecule has 0 spiro atoms. The van der Waals surface area contributed by atoms with Gasteiger partial charge in [0.1, 0.15) is 24.9 Å². The lowest BCUT2D eigenvalue weighted by molar-refractivity contribution is 0.291. The van der Waals surface area contributed by atoms with E-state index in [0.717, 1.165) is 53.7 Å². The van der Waals surface area contributed by atoms with Crippen LogP contribution in [0, 0.1) is 0 Å². The fourth-order valence-corrected chi connectivity index (χ4v) is 3.90. The number of ether oxygens (including phenoxy) is 2. The van der Waals surface area contributed by atoms with Gasteiger partial charge >= 0.3 is 0 Å². The third kappa shape index (κ3) is 4.90. The van der Waals surface area contributed by atoms with Crippen LogP contribution in [0.15, 0.2) is 67.4 Å². The van der Waals surface area contributed by atoms with Gasteiger partial charge in [-0.1, -0.05) is 12.1 Å². The molecule has 0 unspecified atom stereocenters. The van der Waals surface area contributed by atoms with Crippen molar-refractivity contribution in [3.63, 3.8) is 0 Å². The van der Waals surface area contributed by atoms with E-state index in [0.29, 0.717) is 35.9 Å². The molecule has 184 valence electrons. The van der Waals surface area contributed by atoms with Crippen LogP contribution in [0.3, 0.4) is 0 Å². The second-order valence-corrected chi connectivity index (χ2v) is 9.30. The molecule has 2 aliphatic carbocycles. The molecule has 10 nitrogen and oxygen atoms in total. The number of nitrogens with one attached hydrogen (secondary N) is 1. The maximum atomic E-state index is 6.14. The molecule has 0 aliphatic heterocycles. The van der Waals surface area contributed by atoms with Crippen molar-refractivity contribution in [3.05, 3.63) is 72.9 Å². The Morgan fingerprint density at radius 1 is 0.865 bits per heavy atom. The summed E-state index contributed by atoms with van der Waals surface area (Å²) in [6, 6.07) is 15.8. The zero-order chi connectivity index (χ0) is 24.6. The highest BCUT2D eigenvalue weighted by Gasteiger charge is 2.26. The highest BCUT2D eigenvalue weighted by atomic mass is 16.5. The van der Waals surface area contributed by atoms with Gasteiger partial charge in [-0.05, 0) is 61.6 Å². The Bertz CT molecular complexity index is 1530. The van der Waals surface area contributed by atoms with E-state index in [2.05, 4.69) is 25.4 Å². The Morgan fingerprint density at radius 2 is 1.70 bits per heavy atom. The summed E-state index contributed by atoms with van der Waals surface area (Å²) in [6.07, 6.45) is 9.74. The van der Waals surface area contributed by atoms with Crippen molar-refractivity contribution < 1.29 is 9.47 Å². The van der Waals surface area contributed by atoms with Gasteiger partial charge in [-0.3, -0.25) is 0 Å². The van der Waals surface area contributed by atoms with Crippen molar-refractivity contribution in [2.24, 2.45) is 0 Å². The number of pyridine rings is 2. The molecule has 0 bridgehead atoms. The largest absolute Gasteiger partial charge is 0.474 e. The van der Waals surface area contributed by atoms with E-state index < -0.39 is 0 Å². The average molecular weight is 493 g/mol. The summed E-state index contributed by atoms with van der Waals surface area (Å²) < 4.78 is 13.6. The minimum atomic E-state index is 0.182. The zero-order valence-corrected chi connectivity index (χ0v) is 20.0. The standard InChI is InChI=1S/C27H24N8O2/c1-4-19(35-16-28-15-31-35)5-2-17(1)13-30-27-33-23-11-10-22(32-25(23)26(34-27)37-21-8-9-21)18-3-12-24(29-14-18)36-20-6-7-20/h1-5,10-12,14-16,20-21H,6-9,13H2,(H,30,33,34). The molecule has 4 aromatic heterocycles. The molecule has 0 saturated heterocycles. The topological polar surface area (TPSA) is 113 Å². The summed E-state index contributed by atoms with van der Waals surface area (Å²) >= 11 is 0. The molecule has 2 aliphatic rings. The van der Waals surface area contributed by atoms with Crippen molar-refractivity contribution in [2.75, 3.05) is 5.32 Å². The molecule has 1 aromatic carbocycles. The van der Waals surface area contributed by atoms with Crippen LogP contribution in [-0.2, 0) is 6.54 Å². The molecule has 0 atom stereocenters. The summed E-state index contributed by atoms with van der Waals surface area (Å²) in [4.78, 5) is 22.7. The first-order chi connectivity index (χ1) is 18.3.